The Bertz CT molecular complexity index is 590. The number of halogens is 3. The normalized spacial score (nSPS) is 12.5. The SMILES string of the molecule is Cc1nc(C)c(C(C)Nc2c(F)cc(F)cc2Br)s1. The van der Waals surface area contributed by atoms with Gasteiger partial charge in [-0.1, -0.05) is 0 Å². The van der Waals surface area contributed by atoms with Crippen LogP contribution in [0.3, 0.4) is 0 Å². The van der Waals surface area contributed by atoms with Gasteiger partial charge in [-0.3, -0.25) is 0 Å². The molecular weight excluding hydrogens is 334 g/mol. The van der Waals surface area contributed by atoms with Crippen molar-refractivity contribution in [3.8, 4) is 0 Å². The van der Waals surface area contributed by atoms with E-state index >= 15 is 0 Å². The van der Waals surface area contributed by atoms with Crippen molar-refractivity contribution in [1.82, 2.24) is 4.98 Å². The van der Waals surface area contributed by atoms with Crippen LogP contribution in [0.1, 0.15) is 28.5 Å². The fourth-order valence-electron chi connectivity index (χ4n) is 1.91. The quantitative estimate of drug-likeness (QED) is 0.848. The maximum atomic E-state index is 13.7. The van der Waals surface area contributed by atoms with Crippen LogP contribution >= 0.6 is 27.3 Å². The molecule has 0 saturated carbocycles. The highest BCUT2D eigenvalue weighted by Crippen LogP contribution is 2.32. The Kier molecular flexibility index (Phi) is 4.20. The van der Waals surface area contributed by atoms with Gasteiger partial charge in [-0.05, 0) is 42.8 Å². The van der Waals surface area contributed by atoms with Gasteiger partial charge in [0.25, 0.3) is 0 Å². The molecule has 2 rings (SSSR count). The van der Waals surface area contributed by atoms with Crippen LogP contribution in [0.25, 0.3) is 0 Å². The lowest BCUT2D eigenvalue weighted by Gasteiger charge is -2.16. The Morgan fingerprint density at radius 2 is 2.00 bits per heavy atom. The predicted molar refractivity (Wildman–Crippen MR) is 77.7 cm³/mol. The number of aromatic nitrogens is 1. The van der Waals surface area contributed by atoms with Gasteiger partial charge in [-0.15, -0.1) is 11.3 Å². The zero-order valence-corrected chi connectivity index (χ0v) is 13.1. The van der Waals surface area contributed by atoms with Crippen LogP contribution in [0.15, 0.2) is 16.6 Å². The van der Waals surface area contributed by atoms with Gasteiger partial charge in [0.15, 0.2) is 0 Å². The predicted octanol–water partition coefficient (Wildman–Crippen LogP) is 4.97. The van der Waals surface area contributed by atoms with Crippen LogP contribution in [0.2, 0.25) is 0 Å². The molecule has 2 nitrogen and oxygen atoms in total. The van der Waals surface area contributed by atoms with Gasteiger partial charge < -0.3 is 5.32 Å². The summed E-state index contributed by atoms with van der Waals surface area (Å²) < 4.78 is 27.1. The summed E-state index contributed by atoms with van der Waals surface area (Å²) in [5.74, 6) is -1.22. The second kappa shape index (κ2) is 5.54. The van der Waals surface area contributed by atoms with E-state index in [0.717, 1.165) is 21.6 Å². The van der Waals surface area contributed by atoms with E-state index in [1.165, 1.54) is 6.07 Å². The average molecular weight is 347 g/mol. The lowest BCUT2D eigenvalue weighted by atomic mass is 10.2. The van der Waals surface area contributed by atoms with E-state index in [-0.39, 0.29) is 11.7 Å². The van der Waals surface area contributed by atoms with Gasteiger partial charge in [-0.25, -0.2) is 13.8 Å². The summed E-state index contributed by atoms with van der Waals surface area (Å²) in [4.78, 5) is 5.39. The Balaban J connectivity index is 2.29. The first kappa shape index (κ1) is 14.4. The number of hydrogen-bond acceptors (Lipinski definition) is 3. The van der Waals surface area contributed by atoms with Crippen molar-refractivity contribution in [1.29, 1.82) is 0 Å². The minimum Gasteiger partial charge on any atom is -0.374 e. The third-order valence-electron chi connectivity index (χ3n) is 2.70. The molecule has 0 radical (unpaired) electrons. The number of rotatable bonds is 3. The van der Waals surface area contributed by atoms with E-state index in [9.17, 15) is 8.78 Å². The molecule has 1 atom stereocenters. The minimum absolute atomic E-state index is 0.0949. The molecule has 1 unspecified atom stereocenters. The number of anilines is 1. The molecule has 0 aliphatic carbocycles. The molecule has 0 fully saturated rings. The third kappa shape index (κ3) is 3.12. The van der Waals surface area contributed by atoms with E-state index in [4.69, 9.17) is 0 Å². The first-order valence-corrected chi connectivity index (χ1v) is 7.34. The maximum absolute atomic E-state index is 13.7. The molecule has 1 N–H and O–H groups in total. The maximum Gasteiger partial charge on any atom is 0.150 e. The van der Waals surface area contributed by atoms with Crippen LogP contribution in [-0.2, 0) is 0 Å². The van der Waals surface area contributed by atoms with Crippen LogP contribution in [0.4, 0.5) is 14.5 Å². The van der Waals surface area contributed by atoms with Crippen LogP contribution in [0, 0.1) is 25.5 Å². The zero-order valence-electron chi connectivity index (χ0n) is 10.7. The summed E-state index contributed by atoms with van der Waals surface area (Å²) in [6, 6.07) is 2.01. The highest BCUT2D eigenvalue weighted by Gasteiger charge is 2.16. The fourth-order valence-corrected chi connectivity index (χ4v) is 3.36. The van der Waals surface area contributed by atoms with Gasteiger partial charge in [0.05, 0.1) is 22.4 Å². The summed E-state index contributed by atoms with van der Waals surface area (Å²) in [6.45, 7) is 5.78. The first-order valence-electron chi connectivity index (χ1n) is 5.73. The number of nitrogens with one attached hydrogen (secondary N) is 1. The number of aryl methyl sites for hydroxylation is 2. The second-order valence-corrected chi connectivity index (χ2v) is 6.38. The lowest BCUT2D eigenvalue weighted by molar-refractivity contribution is 0.582. The molecule has 1 aromatic carbocycles. The molecule has 0 aliphatic heterocycles. The van der Waals surface area contributed by atoms with E-state index in [0.29, 0.717) is 4.47 Å². The van der Waals surface area contributed by atoms with Gasteiger partial charge in [-0.2, -0.15) is 0 Å². The number of thiazole rings is 1. The standard InChI is InChI=1S/C13H13BrF2N2S/c1-6-13(19-8(3)17-6)7(2)18-12-10(14)4-9(15)5-11(12)16/h4-5,7,18H,1-3H3. The summed E-state index contributed by atoms with van der Waals surface area (Å²) in [6.07, 6.45) is 0. The summed E-state index contributed by atoms with van der Waals surface area (Å²) in [7, 11) is 0. The van der Waals surface area contributed by atoms with Crippen LogP contribution in [0.5, 0.6) is 0 Å². The molecular formula is C13H13BrF2N2S. The minimum atomic E-state index is -0.613. The van der Waals surface area contributed by atoms with Crippen molar-refractivity contribution in [2.75, 3.05) is 5.32 Å². The monoisotopic (exact) mass is 346 g/mol. The lowest BCUT2D eigenvalue weighted by Crippen LogP contribution is -2.08. The molecule has 1 heterocycles. The van der Waals surface area contributed by atoms with E-state index in [1.54, 1.807) is 11.3 Å². The van der Waals surface area contributed by atoms with E-state index in [1.807, 2.05) is 20.8 Å². The second-order valence-electron chi connectivity index (χ2n) is 4.29. The van der Waals surface area contributed by atoms with Gasteiger partial charge in [0.1, 0.15) is 11.6 Å². The summed E-state index contributed by atoms with van der Waals surface area (Å²) in [5.41, 5.74) is 1.19. The van der Waals surface area contributed by atoms with E-state index in [2.05, 4.69) is 26.2 Å². The number of benzene rings is 1. The molecule has 19 heavy (non-hydrogen) atoms. The topological polar surface area (TPSA) is 24.9 Å². The Hall–Kier alpha value is -1.01. The molecule has 0 spiro atoms. The molecule has 0 bridgehead atoms. The van der Waals surface area contributed by atoms with E-state index < -0.39 is 11.6 Å². The van der Waals surface area contributed by atoms with Crippen molar-refractivity contribution in [2.24, 2.45) is 0 Å². The molecule has 0 amide bonds. The summed E-state index contributed by atoms with van der Waals surface area (Å²) >= 11 is 4.74. The third-order valence-corrected chi connectivity index (χ3v) is 4.58. The average Bonchev–Trinajstić information content (AvgIpc) is 2.62. The highest BCUT2D eigenvalue weighted by atomic mass is 79.9. The number of hydrogen-bond donors (Lipinski definition) is 1. The smallest absolute Gasteiger partial charge is 0.150 e. The largest absolute Gasteiger partial charge is 0.374 e. The van der Waals surface area contributed by atoms with Gasteiger partial charge in [0, 0.05) is 15.4 Å². The highest BCUT2D eigenvalue weighted by molar-refractivity contribution is 9.10. The molecule has 0 saturated heterocycles. The first-order chi connectivity index (χ1) is 8.88. The molecule has 6 heteroatoms. The van der Waals surface area contributed by atoms with Gasteiger partial charge >= 0.3 is 0 Å². The Morgan fingerprint density at radius 3 is 2.53 bits per heavy atom. The molecule has 102 valence electrons. The van der Waals surface area contributed by atoms with Gasteiger partial charge in [0.2, 0.25) is 0 Å². The molecule has 2 aromatic rings. The number of nitrogens with zero attached hydrogens (tertiary/aromatic N) is 1. The molecule has 0 aliphatic rings. The van der Waals surface area contributed by atoms with Crippen molar-refractivity contribution in [3.63, 3.8) is 0 Å². The Labute approximate surface area is 123 Å². The zero-order chi connectivity index (χ0) is 14.2. The van der Waals surface area contributed by atoms with Crippen molar-refractivity contribution in [3.05, 3.63) is 43.8 Å². The van der Waals surface area contributed by atoms with Crippen LogP contribution in [-0.4, -0.2) is 4.98 Å². The fraction of sp³-hybridized carbons (Fsp3) is 0.308. The Morgan fingerprint density at radius 1 is 1.32 bits per heavy atom. The van der Waals surface area contributed by atoms with Crippen LogP contribution < -0.4 is 5.32 Å². The van der Waals surface area contributed by atoms with Crippen molar-refractivity contribution >= 4 is 33.0 Å². The molecule has 1 aromatic heterocycles. The van der Waals surface area contributed by atoms with Crippen molar-refractivity contribution < 1.29 is 8.78 Å². The summed E-state index contributed by atoms with van der Waals surface area (Å²) in [5, 5.41) is 4.03. The van der Waals surface area contributed by atoms with Crippen molar-refractivity contribution in [2.45, 2.75) is 26.8 Å².